The van der Waals surface area contributed by atoms with Crippen LogP contribution in [0, 0.1) is 5.82 Å². The third-order valence-electron chi connectivity index (χ3n) is 2.38. The predicted octanol–water partition coefficient (Wildman–Crippen LogP) is 1.14. The van der Waals surface area contributed by atoms with Crippen molar-refractivity contribution in [2.75, 3.05) is 6.54 Å². The van der Waals surface area contributed by atoms with Crippen LogP contribution in [0.1, 0.15) is 18.4 Å². The molecule has 5 nitrogen and oxygen atoms in total. The Balaban J connectivity index is 2.82. The number of aromatic hydroxyl groups is 1. The number of phenolic OH excluding ortho intramolecular Hbond substituents is 1. The lowest BCUT2D eigenvalue weighted by molar-refractivity contribution is -0.138. The van der Waals surface area contributed by atoms with E-state index in [9.17, 15) is 14.3 Å². The fourth-order valence-electron chi connectivity index (χ4n) is 1.38. The molecule has 0 saturated heterocycles. The number of benzene rings is 1. The van der Waals surface area contributed by atoms with Gasteiger partial charge >= 0.3 is 5.97 Å². The Morgan fingerprint density at radius 3 is 2.89 bits per heavy atom. The first-order valence-electron chi connectivity index (χ1n) is 5.49. The molecule has 98 valence electrons. The minimum Gasteiger partial charge on any atom is -0.504 e. The Bertz CT molecular complexity index is 449. The first kappa shape index (κ1) is 14.1. The summed E-state index contributed by atoms with van der Waals surface area (Å²) in [5.41, 5.74) is 5.44. The molecule has 4 N–H and O–H groups in total. The molecule has 0 spiro atoms. The minimum atomic E-state index is -1.07. The number of halogens is 1. The summed E-state index contributed by atoms with van der Waals surface area (Å²) < 4.78 is 13.0. The summed E-state index contributed by atoms with van der Waals surface area (Å²) in [6, 6.07) is 3.03. The first-order valence-corrected chi connectivity index (χ1v) is 5.49. The Morgan fingerprint density at radius 1 is 1.56 bits per heavy atom. The van der Waals surface area contributed by atoms with Crippen LogP contribution >= 0.6 is 0 Å². The van der Waals surface area contributed by atoms with E-state index >= 15 is 0 Å². The van der Waals surface area contributed by atoms with Crippen molar-refractivity contribution in [1.82, 2.24) is 0 Å². The quantitative estimate of drug-likeness (QED) is 0.663. The summed E-state index contributed by atoms with van der Waals surface area (Å²) in [6.07, 6.45) is 2.00. The lowest BCUT2D eigenvalue weighted by Gasteiger charge is -2.06. The zero-order valence-electron chi connectivity index (χ0n) is 9.71. The third-order valence-corrected chi connectivity index (χ3v) is 2.38. The van der Waals surface area contributed by atoms with E-state index in [1.54, 1.807) is 0 Å². The van der Waals surface area contributed by atoms with Crippen LogP contribution in [0.3, 0.4) is 0 Å². The average molecular weight is 254 g/mol. The van der Waals surface area contributed by atoms with E-state index in [1.165, 1.54) is 12.1 Å². The van der Waals surface area contributed by atoms with Crippen LogP contribution in [-0.2, 0) is 4.79 Å². The van der Waals surface area contributed by atoms with Crippen LogP contribution in [0.5, 0.6) is 5.75 Å². The highest BCUT2D eigenvalue weighted by Gasteiger charge is 2.14. The number of hydrogen-bond donors (Lipinski definition) is 3. The number of nitrogens with zero attached hydrogens (tertiary/aromatic N) is 1. The summed E-state index contributed by atoms with van der Waals surface area (Å²) in [4.78, 5) is 14.7. The van der Waals surface area contributed by atoms with Crippen LogP contribution in [0.15, 0.2) is 23.2 Å². The second kappa shape index (κ2) is 6.70. The maximum atomic E-state index is 13.0. The SMILES string of the molecule is NCCC[C@H](N=Cc1cccc(F)c1O)C(=O)O. The predicted molar refractivity (Wildman–Crippen MR) is 65.4 cm³/mol. The van der Waals surface area contributed by atoms with Crippen molar-refractivity contribution in [2.24, 2.45) is 10.7 Å². The van der Waals surface area contributed by atoms with Gasteiger partial charge in [0.1, 0.15) is 6.04 Å². The third kappa shape index (κ3) is 3.81. The van der Waals surface area contributed by atoms with Crippen molar-refractivity contribution in [3.8, 4) is 5.75 Å². The Morgan fingerprint density at radius 2 is 2.28 bits per heavy atom. The zero-order chi connectivity index (χ0) is 13.5. The molecule has 1 atom stereocenters. The number of aliphatic imine (C=N–C) groups is 1. The lowest BCUT2D eigenvalue weighted by Crippen LogP contribution is -2.19. The zero-order valence-corrected chi connectivity index (χ0v) is 9.71. The largest absolute Gasteiger partial charge is 0.504 e. The standard InChI is InChI=1S/C12H15FN2O3/c13-9-4-1-3-8(11(9)16)7-15-10(12(17)18)5-2-6-14/h1,3-4,7,10,16H,2,5-6,14H2,(H,17,18)/t10-/m0/s1. The molecule has 6 heteroatoms. The molecule has 1 aromatic rings. The van der Waals surface area contributed by atoms with Crippen LogP contribution in [0.2, 0.25) is 0 Å². The number of phenols is 1. The molecule has 0 aliphatic carbocycles. The number of carboxylic acids is 1. The molecule has 0 radical (unpaired) electrons. The lowest BCUT2D eigenvalue weighted by atomic mass is 10.1. The second-order valence-corrected chi connectivity index (χ2v) is 3.74. The van der Waals surface area contributed by atoms with E-state index in [0.717, 1.165) is 12.3 Å². The van der Waals surface area contributed by atoms with Crippen molar-refractivity contribution >= 4 is 12.2 Å². The van der Waals surface area contributed by atoms with Gasteiger partial charge in [0.25, 0.3) is 0 Å². The normalized spacial score (nSPS) is 12.8. The number of carbonyl (C=O) groups is 1. The minimum absolute atomic E-state index is 0.147. The monoisotopic (exact) mass is 254 g/mol. The maximum absolute atomic E-state index is 13.0. The van der Waals surface area contributed by atoms with E-state index < -0.39 is 23.6 Å². The smallest absolute Gasteiger partial charge is 0.328 e. The molecule has 1 rings (SSSR count). The van der Waals surface area contributed by atoms with E-state index in [-0.39, 0.29) is 5.56 Å². The van der Waals surface area contributed by atoms with Gasteiger partial charge in [-0.25, -0.2) is 9.18 Å². The van der Waals surface area contributed by atoms with Gasteiger partial charge in [0.05, 0.1) is 0 Å². The van der Waals surface area contributed by atoms with Crippen LogP contribution in [0.25, 0.3) is 0 Å². The molecule has 1 aromatic carbocycles. The molecule has 0 unspecified atom stereocenters. The van der Waals surface area contributed by atoms with Crippen molar-refractivity contribution in [3.05, 3.63) is 29.6 Å². The van der Waals surface area contributed by atoms with Gasteiger partial charge in [-0.2, -0.15) is 0 Å². The number of para-hydroxylation sites is 1. The molecule has 0 aliphatic rings. The van der Waals surface area contributed by atoms with Crippen LogP contribution in [0.4, 0.5) is 4.39 Å². The number of nitrogens with two attached hydrogens (primary N) is 1. The molecule has 18 heavy (non-hydrogen) atoms. The van der Waals surface area contributed by atoms with Crippen molar-refractivity contribution < 1.29 is 19.4 Å². The van der Waals surface area contributed by atoms with Crippen LogP contribution in [-0.4, -0.2) is 35.0 Å². The van der Waals surface area contributed by atoms with Gasteiger partial charge in [-0.15, -0.1) is 0 Å². The van der Waals surface area contributed by atoms with Gasteiger partial charge in [0.2, 0.25) is 0 Å². The fourth-order valence-corrected chi connectivity index (χ4v) is 1.38. The summed E-state index contributed by atoms with van der Waals surface area (Å²) in [5, 5.41) is 18.3. The Kier molecular flexibility index (Phi) is 5.26. The molecule has 0 saturated carbocycles. The van der Waals surface area contributed by atoms with Crippen LogP contribution < -0.4 is 5.73 Å². The van der Waals surface area contributed by atoms with Gasteiger partial charge in [0, 0.05) is 11.8 Å². The molecular weight excluding hydrogens is 239 g/mol. The molecule has 0 amide bonds. The van der Waals surface area contributed by atoms with Gasteiger partial charge in [0.15, 0.2) is 11.6 Å². The summed E-state index contributed by atoms with van der Waals surface area (Å²) >= 11 is 0. The summed E-state index contributed by atoms with van der Waals surface area (Å²) in [6.45, 7) is 0.379. The highest BCUT2D eigenvalue weighted by molar-refractivity contribution is 5.86. The molecule has 0 bridgehead atoms. The van der Waals surface area contributed by atoms with Gasteiger partial charge in [-0.1, -0.05) is 6.07 Å². The molecule has 0 aromatic heterocycles. The molecule has 0 aliphatic heterocycles. The number of aliphatic carboxylic acids is 1. The van der Waals surface area contributed by atoms with E-state index in [0.29, 0.717) is 19.4 Å². The maximum Gasteiger partial charge on any atom is 0.328 e. The molecule has 0 heterocycles. The Labute approximate surface area is 104 Å². The van der Waals surface area contributed by atoms with E-state index in [2.05, 4.69) is 4.99 Å². The fraction of sp³-hybridized carbons (Fsp3) is 0.333. The van der Waals surface area contributed by atoms with Crippen molar-refractivity contribution in [1.29, 1.82) is 0 Å². The van der Waals surface area contributed by atoms with Crippen molar-refractivity contribution in [2.45, 2.75) is 18.9 Å². The number of hydrogen-bond acceptors (Lipinski definition) is 4. The second-order valence-electron chi connectivity index (χ2n) is 3.74. The molecular formula is C12H15FN2O3. The van der Waals surface area contributed by atoms with Crippen molar-refractivity contribution in [3.63, 3.8) is 0 Å². The molecule has 0 fully saturated rings. The summed E-state index contributed by atoms with van der Waals surface area (Å²) in [7, 11) is 0. The topological polar surface area (TPSA) is 95.9 Å². The highest BCUT2D eigenvalue weighted by Crippen LogP contribution is 2.19. The van der Waals surface area contributed by atoms with Gasteiger partial charge in [-0.05, 0) is 31.5 Å². The first-order chi connectivity index (χ1) is 8.56. The summed E-state index contributed by atoms with van der Waals surface area (Å²) in [5.74, 6) is -2.38. The number of carboxylic acid groups (broad SMARTS) is 1. The van der Waals surface area contributed by atoms with Gasteiger partial charge in [-0.3, -0.25) is 4.99 Å². The van der Waals surface area contributed by atoms with E-state index in [4.69, 9.17) is 10.8 Å². The van der Waals surface area contributed by atoms with Gasteiger partial charge < -0.3 is 15.9 Å². The average Bonchev–Trinajstić information content (AvgIpc) is 2.33. The highest BCUT2D eigenvalue weighted by atomic mass is 19.1. The Hall–Kier alpha value is -1.95. The van der Waals surface area contributed by atoms with E-state index in [1.807, 2.05) is 0 Å². The number of rotatable bonds is 6.